The highest BCUT2D eigenvalue weighted by Crippen LogP contribution is 2.19. The van der Waals surface area contributed by atoms with E-state index in [1.807, 2.05) is 42.2 Å². The summed E-state index contributed by atoms with van der Waals surface area (Å²) in [6, 6.07) is 17.9. The van der Waals surface area contributed by atoms with E-state index in [9.17, 15) is 4.79 Å². The monoisotopic (exact) mass is 338 g/mol. The number of piperazine rings is 1. The van der Waals surface area contributed by atoms with Gasteiger partial charge in [0.1, 0.15) is 5.75 Å². The van der Waals surface area contributed by atoms with E-state index in [0.717, 1.165) is 43.9 Å². The zero-order valence-corrected chi connectivity index (χ0v) is 15.0. The first kappa shape index (κ1) is 17.3. The van der Waals surface area contributed by atoms with Crippen molar-refractivity contribution in [3.05, 3.63) is 60.2 Å². The molecule has 0 N–H and O–H groups in total. The summed E-state index contributed by atoms with van der Waals surface area (Å²) in [6.07, 6.45) is 1.15. The predicted molar refractivity (Wildman–Crippen MR) is 101 cm³/mol. The normalized spacial score (nSPS) is 15.8. The summed E-state index contributed by atoms with van der Waals surface area (Å²) < 4.78 is 5.78. The smallest absolute Gasteiger partial charge is 0.253 e. The molecule has 0 aromatic heterocycles. The molecule has 0 bridgehead atoms. The zero-order valence-electron chi connectivity index (χ0n) is 15.0. The third kappa shape index (κ3) is 4.32. The first-order chi connectivity index (χ1) is 12.2. The first-order valence-electron chi connectivity index (χ1n) is 9.03. The molecule has 0 saturated carbocycles. The summed E-state index contributed by atoms with van der Waals surface area (Å²) in [6.45, 7) is 7.37. The van der Waals surface area contributed by atoms with Gasteiger partial charge >= 0.3 is 0 Å². The van der Waals surface area contributed by atoms with E-state index in [1.165, 1.54) is 5.69 Å². The quantitative estimate of drug-likeness (QED) is 0.831. The number of para-hydroxylation sites is 1. The molecule has 1 amide bonds. The largest absolute Gasteiger partial charge is 0.491 e. The van der Waals surface area contributed by atoms with Gasteiger partial charge < -0.3 is 14.5 Å². The summed E-state index contributed by atoms with van der Waals surface area (Å²) in [5, 5.41) is 0. The van der Waals surface area contributed by atoms with Crippen LogP contribution in [0.4, 0.5) is 5.69 Å². The highest BCUT2D eigenvalue weighted by molar-refractivity contribution is 5.94. The van der Waals surface area contributed by atoms with Crippen LogP contribution in [-0.2, 0) is 0 Å². The Morgan fingerprint density at radius 2 is 1.64 bits per heavy atom. The van der Waals surface area contributed by atoms with Gasteiger partial charge in [0.25, 0.3) is 5.91 Å². The summed E-state index contributed by atoms with van der Waals surface area (Å²) >= 11 is 0. The highest BCUT2D eigenvalue weighted by atomic mass is 16.5. The Morgan fingerprint density at radius 3 is 2.24 bits per heavy atom. The van der Waals surface area contributed by atoms with Crippen LogP contribution in [0.3, 0.4) is 0 Å². The molecule has 25 heavy (non-hydrogen) atoms. The molecule has 0 aliphatic carbocycles. The van der Waals surface area contributed by atoms with Crippen molar-refractivity contribution >= 4 is 11.6 Å². The van der Waals surface area contributed by atoms with Crippen molar-refractivity contribution in [2.24, 2.45) is 0 Å². The first-order valence-corrected chi connectivity index (χ1v) is 9.03. The number of benzene rings is 2. The lowest BCUT2D eigenvalue weighted by Gasteiger charge is -2.36. The molecule has 4 nitrogen and oxygen atoms in total. The van der Waals surface area contributed by atoms with Crippen LogP contribution in [-0.4, -0.2) is 43.1 Å². The second-order valence-electron chi connectivity index (χ2n) is 6.48. The molecule has 1 heterocycles. The molecular weight excluding hydrogens is 312 g/mol. The van der Waals surface area contributed by atoms with Crippen LogP contribution in [0.2, 0.25) is 0 Å². The van der Waals surface area contributed by atoms with Crippen molar-refractivity contribution in [3.63, 3.8) is 0 Å². The van der Waals surface area contributed by atoms with Gasteiger partial charge in [-0.25, -0.2) is 0 Å². The Balaban J connectivity index is 1.57. The maximum absolute atomic E-state index is 12.7. The number of rotatable bonds is 5. The predicted octanol–water partition coefficient (Wildman–Crippen LogP) is 3.83. The van der Waals surface area contributed by atoms with Gasteiger partial charge in [0, 0.05) is 37.4 Å². The molecule has 2 aromatic rings. The van der Waals surface area contributed by atoms with Crippen molar-refractivity contribution in [1.82, 2.24) is 4.90 Å². The van der Waals surface area contributed by atoms with E-state index in [0.29, 0.717) is 0 Å². The molecule has 3 rings (SSSR count). The molecule has 0 spiro atoms. The van der Waals surface area contributed by atoms with Gasteiger partial charge in [0.05, 0.1) is 6.10 Å². The lowest BCUT2D eigenvalue weighted by atomic mass is 10.1. The number of carbonyl (C=O) groups excluding carboxylic acids is 1. The van der Waals surface area contributed by atoms with Gasteiger partial charge in [0.2, 0.25) is 0 Å². The maximum Gasteiger partial charge on any atom is 0.253 e. The van der Waals surface area contributed by atoms with E-state index in [1.54, 1.807) is 0 Å². The zero-order chi connectivity index (χ0) is 17.6. The van der Waals surface area contributed by atoms with Crippen LogP contribution in [0, 0.1) is 0 Å². The number of ether oxygens (including phenoxy) is 1. The summed E-state index contributed by atoms with van der Waals surface area (Å²) in [5.74, 6) is 0.919. The topological polar surface area (TPSA) is 32.8 Å². The van der Waals surface area contributed by atoms with Gasteiger partial charge in [0.15, 0.2) is 0 Å². The van der Waals surface area contributed by atoms with Crippen molar-refractivity contribution in [3.8, 4) is 5.75 Å². The molecule has 1 saturated heterocycles. The molecule has 1 atom stereocenters. The standard InChI is InChI=1S/C21H26N2O2/c1-3-17(2)25-20-11-9-18(10-12-20)21(24)23-15-13-22(14-16-23)19-7-5-4-6-8-19/h4-12,17H,3,13-16H2,1-2H3. The van der Waals surface area contributed by atoms with Crippen molar-refractivity contribution < 1.29 is 9.53 Å². The van der Waals surface area contributed by atoms with Gasteiger partial charge in [-0.2, -0.15) is 0 Å². The van der Waals surface area contributed by atoms with E-state index >= 15 is 0 Å². The Labute approximate surface area is 150 Å². The minimum Gasteiger partial charge on any atom is -0.491 e. The van der Waals surface area contributed by atoms with Crippen LogP contribution in [0.1, 0.15) is 30.6 Å². The minimum atomic E-state index is 0.0998. The third-order valence-electron chi connectivity index (χ3n) is 4.70. The van der Waals surface area contributed by atoms with Crippen molar-refractivity contribution in [1.29, 1.82) is 0 Å². The summed E-state index contributed by atoms with van der Waals surface area (Å²) in [5.41, 5.74) is 1.95. The van der Waals surface area contributed by atoms with Gasteiger partial charge in [-0.15, -0.1) is 0 Å². The number of anilines is 1. The Morgan fingerprint density at radius 1 is 1.00 bits per heavy atom. The number of hydrogen-bond acceptors (Lipinski definition) is 3. The molecule has 2 aromatic carbocycles. The third-order valence-corrected chi connectivity index (χ3v) is 4.70. The second kappa shape index (κ2) is 8.06. The second-order valence-corrected chi connectivity index (χ2v) is 6.48. The average Bonchev–Trinajstić information content (AvgIpc) is 2.69. The molecule has 1 aliphatic rings. The number of amides is 1. The lowest BCUT2D eigenvalue weighted by Crippen LogP contribution is -2.48. The number of hydrogen-bond donors (Lipinski definition) is 0. The fourth-order valence-electron chi connectivity index (χ4n) is 2.98. The fourth-order valence-corrected chi connectivity index (χ4v) is 2.98. The lowest BCUT2D eigenvalue weighted by molar-refractivity contribution is 0.0746. The Bertz CT molecular complexity index is 677. The maximum atomic E-state index is 12.7. The highest BCUT2D eigenvalue weighted by Gasteiger charge is 2.22. The minimum absolute atomic E-state index is 0.0998. The molecule has 1 aliphatic heterocycles. The van der Waals surface area contributed by atoms with Crippen LogP contribution in [0.15, 0.2) is 54.6 Å². The molecule has 0 radical (unpaired) electrons. The van der Waals surface area contributed by atoms with E-state index in [-0.39, 0.29) is 12.0 Å². The van der Waals surface area contributed by atoms with E-state index in [2.05, 4.69) is 36.1 Å². The van der Waals surface area contributed by atoms with Gasteiger partial charge in [-0.05, 0) is 49.7 Å². The Kier molecular flexibility index (Phi) is 5.59. The van der Waals surface area contributed by atoms with Gasteiger partial charge in [-0.3, -0.25) is 4.79 Å². The number of nitrogens with zero attached hydrogens (tertiary/aromatic N) is 2. The molecular formula is C21H26N2O2. The fraction of sp³-hybridized carbons (Fsp3) is 0.381. The van der Waals surface area contributed by atoms with Crippen molar-refractivity contribution in [2.75, 3.05) is 31.1 Å². The molecule has 132 valence electrons. The van der Waals surface area contributed by atoms with E-state index < -0.39 is 0 Å². The SMILES string of the molecule is CCC(C)Oc1ccc(C(=O)N2CCN(c3ccccc3)CC2)cc1. The van der Waals surface area contributed by atoms with Crippen LogP contribution in [0.25, 0.3) is 0 Å². The molecule has 4 heteroatoms. The van der Waals surface area contributed by atoms with Crippen molar-refractivity contribution in [2.45, 2.75) is 26.4 Å². The number of carbonyl (C=O) groups is 1. The van der Waals surface area contributed by atoms with Crippen LogP contribution < -0.4 is 9.64 Å². The molecule has 1 fully saturated rings. The Hall–Kier alpha value is -2.49. The summed E-state index contributed by atoms with van der Waals surface area (Å²) in [7, 11) is 0. The van der Waals surface area contributed by atoms with Crippen LogP contribution in [0.5, 0.6) is 5.75 Å². The average molecular weight is 338 g/mol. The van der Waals surface area contributed by atoms with E-state index in [4.69, 9.17) is 4.74 Å². The van der Waals surface area contributed by atoms with Crippen LogP contribution >= 0.6 is 0 Å². The van der Waals surface area contributed by atoms with Gasteiger partial charge in [-0.1, -0.05) is 25.1 Å². The molecule has 1 unspecified atom stereocenters. The summed E-state index contributed by atoms with van der Waals surface area (Å²) in [4.78, 5) is 17.0.